The second-order valence-electron chi connectivity index (χ2n) is 4.59. The van der Waals surface area contributed by atoms with E-state index in [4.69, 9.17) is 14.6 Å². The van der Waals surface area contributed by atoms with Crippen LogP contribution in [-0.4, -0.2) is 24.3 Å². The predicted molar refractivity (Wildman–Crippen MR) is 86.3 cm³/mol. The van der Waals surface area contributed by atoms with Crippen LogP contribution in [0.15, 0.2) is 66.5 Å². The summed E-state index contributed by atoms with van der Waals surface area (Å²) >= 11 is 0. The van der Waals surface area contributed by atoms with Gasteiger partial charge in [-0.05, 0) is 24.6 Å². The quantitative estimate of drug-likeness (QED) is 0.310. The minimum atomic E-state index is -0.971. The maximum atomic E-state index is 10.8. The molecule has 0 aliphatic rings. The predicted octanol–water partition coefficient (Wildman–Crippen LogP) is 3.71. The van der Waals surface area contributed by atoms with Crippen LogP contribution in [0.5, 0.6) is 0 Å². The Morgan fingerprint density at radius 3 is 2.59 bits per heavy atom. The molecule has 0 fully saturated rings. The molecule has 0 amide bonds. The standard InChI is InChI=1S/C18H22O4/c1-3-17(18(19)20)11-10-15(2)22-13-7-12-21-14-16-8-5-4-6-9-16/h3-6,8-11H,2,7,12-14H2,1H3,(H,19,20)/b11-10-,17-3-. The van der Waals surface area contributed by atoms with Crippen LogP contribution in [0, 0.1) is 0 Å². The van der Waals surface area contributed by atoms with E-state index in [9.17, 15) is 4.79 Å². The molecular formula is C18H22O4. The number of hydrogen-bond acceptors (Lipinski definition) is 3. The molecule has 1 aromatic carbocycles. The normalized spacial score (nSPS) is 11.6. The van der Waals surface area contributed by atoms with Gasteiger partial charge in [-0.2, -0.15) is 0 Å². The highest BCUT2D eigenvalue weighted by molar-refractivity contribution is 5.89. The fraction of sp³-hybridized carbons (Fsp3) is 0.278. The largest absolute Gasteiger partial charge is 0.494 e. The number of carboxylic acids is 1. The number of rotatable bonds is 10. The van der Waals surface area contributed by atoms with Crippen molar-refractivity contribution in [1.82, 2.24) is 0 Å². The van der Waals surface area contributed by atoms with Gasteiger partial charge in [0, 0.05) is 6.42 Å². The molecule has 0 aromatic heterocycles. The molecule has 0 aliphatic heterocycles. The van der Waals surface area contributed by atoms with Crippen molar-refractivity contribution in [2.45, 2.75) is 20.0 Å². The molecule has 0 saturated carbocycles. The summed E-state index contributed by atoms with van der Waals surface area (Å²) in [5.41, 5.74) is 1.35. The van der Waals surface area contributed by atoms with Crippen molar-refractivity contribution in [1.29, 1.82) is 0 Å². The number of hydrogen-bond donors (Lipinski definition) is 1. The van der Waals surface area contributed by atoms with E-state index in [1.165, 1.54) is 12.2 Å². The first kappa shape index (κ1) is 17.7. The fourth-order valence-corrected chi connectivity index (χ4v) is 1.65. The molecule has 1 aromatic rings. The van der Waals surface area contributed by atoms with E-state index in [1.54, 1.807) is 13.0 Å². The van der Waals surface area contributed by atoms with Crippen molar-refractivity contribution in [3.63, 3.8) is 0 Å². The van der Waals surface area contributed by atoms with Gasteiger partial charge in [0.25, 0.3) is 0 Å². The maximum Gasteiger partial charge on any atom is 0.335 e. The van der Waals surface area contributed by atoms with Gasteiger partial charge < -0.3 is 14.6 Å². The van der Waals surface area contributed by atoms with E-state index in [1.807, 2.05) is 30.3 Å². The van der Waals surface area contributed by atoms with Crippen molar-refractivity contribution >= 4 is 5.97 Å². The highest BCUT2D eigenvalue weighted by atomic mass is 16.5. The molecule has 4 heteroatoms. The van der Waals surface area contributed by atoms with Crippen LogP contribution in [0.1, 0.15) is 18.9 Å². The Morgan fingerprint density at radius 2 is 1.95 bits per heavy atom. The molecular weight excluding hydrogens is 280 g/mol. The molecule has 1 N–H and O–H groups in total. The summed E-state index contributed by atoms with van der Waals surface area (Å²) in [5.74, 6) is -0.537. The van der Waals surface area contributed by atoms with Gasteiger partial charge in [0.15, 0.2) is 0 Å². The molecule has 0 unspecified atom stereocenters. The van der Waals surface area contributed by atoms with Gasteiger partial charge in [-0.1, -0.05) is 43.0 Å². The van der Waals surface area contributed by atoms with Crippen LogP contribution < -0.4 is 0 Å². The van der Waals surface area contributed by atoms with Crippen molar-refractivity contribution in [2.24, 2.45) is 0 Å². The molecule has 118 valence electrons. The summed E-state index contributed by atoms with van der Waals surface area (Å²) in [7, 11) is 0. The van der Waals surface area contributed by atoms with E-state index in [-0.39, 0.29) is 5.57 Å². The Kier molecular flexibility index (Phi) is 8.38. The molecule has 4 nitrogen and oxygen atoms in total. The minimum absolute atomic E-state index is 0.205. The zero-order valence-electron chi connectivity index (χ0n) is 12.8. The first-order chi connectivity index (χ1) is 10.6. The topological polar surface area (TPSA) is 55.8 Å². The highest BCUT2D eigenvalue weighted by Gasteiger charge is 2.00. The summed E-state index contributed by atoms with van der Waals surface area (Å²) < 4.78 is 10.9. The summed E-state index contributed by atoms with van der Waals surface area (Å²) in [6.45, 7) is 7.05. The smallest absolute Gasteiger partial charge is 0.335 e. The maximum absolute atomic E-state index is 10.8. The lowest BCUT2D eigenvalue weighted by Crippen LogP contribution is -2.01. The van der Waals surface area contributed by atoms with Crippen molar-refractivity contribution < 1.29 is 19.4 Å². The van der Waals surface area contributed by atoms with Crippen LogP contribution in [0.25, 0.3) is 0 Å². The third-order valence-electron chi connectivity index (χ3n) is 2.84. The average Bonchev–Trinajstić information content (AvgIpc) is 2.52. The van der Waals surface area contributed by atoms with E-state index >= 15 is 0 Å². The summed E-state index contributed by atoms with van der Waals surface area (Å²) in [6, 6.07) is 9.97. The van der Waals surface area contributed by atoms with E-state index in [2.05, 4.69) is 6.58 Å². The molecule has 0 heterocycles. The summed E-state index contributed by atoms with van der Waals surface area (Å²) in [4.78, 5) is 10.8. The van der Waals surface area contributed by atoms with Crippen LogP contribution in [-0.2, 0) is 20.9 Å². The van der Waals surface area contributed by atoms with Gasteiger partial charge >= 0.3 is 5.97 Å². The number of aliphatic carboxylic acids is 1. The molecule has 0 radical (unpaired) electrons. The summed E-state index contributed by atoms with van der Waals surface area (Å²) in [6.07, 6.45) is 5.28. The Balaban J connectivity index is 2.13. The van der Waals surface area contributed by atoms with Gasteiger partial charge in [0.05, 0.1) is 25.4 Å². The second kappa shape index (κ2) is 10.4. The van der Waals surface area contributed by atoms with Gasteiger partial charge in [-0.15, -0.1) is 0 Å². The molecule has 1 rings (SSSR count). The van der Waals surface area contributed by atoms with Gasteiger partial charge in [-0.3, -0.25) is 0 Å². The van der Waals surface area contributed by atoms with E-state index in [0.29, 0.717) is 25.6 Å². The Bertz CT molecular complexity index is 529. The number of carbonyl (C=O) groups is 1. The highest BCUT2D eigenvalue weighted by Crippen LogP contribution is 2.04. The lowest BCUT2D eigenvalue weighted by atomic mass is 10.2. The van der Waals surface area contributed by atoms with Crippen molar-refractivity contribution in [2.75, 3.05) is 13.2 Å². The van der Waals surface area contributed by atoms with Gasteiger partial charge in [0.1, 0.15) is 5.76 Å². The van der Waals surface area contributed by atoms with Gasteiger partial charge in [0.2, 0.25) is 0 Å². The number of carboxylic acid groups (broad SMARTS) is 1. The van der Waals surface area contributed by atoms with Crippen LogP contribution in [0.3, 0.4) is 0 Å². The lowest BCUT2D eigenvalue weighted by molar-refractivity contribution is -0.132. The number of allylic oxidation sites excluding steroid dienone is 2. The summed E-state index contributed by atoms with van der Waals surface area (Å²) in [5, 5.41) is 8.85. The fourth-order valence-electron chi connectivity index (χ4n) is 1.65. The van der Waals surface area contributed by atoms with Crippen molar-refractivity contribution in [3.05, 3.63) is 72.0 Å². The van der Waals surface area contributed by atoms with E-state index < -0.39 is 5.97 Å². The molecule has 0 saturated heterocycles. The Hall–Kier alpha value is -2.33. The van der Waals surface area contributed by atoms with Crippen LogP contribution in [0.2, 0.25) is 0 Å². The van der Waals surface area contributed by atoms with Crippen LogP contribution >= 0.6 is 0 Å². The van der Waals surface area contributed by atoms with Crippen molar-refractivity contribution in [3.8, 4) is 0 Å². The zero-order chi connectivity index (χ0) is 16.2. The third kappa shape index (κ3) is 7.45. The number of ether oxygens (including phenoxy) is 2. The molecule has 0 spiro atoms. The average molecular weight is 302 g/mol. The number of benzene rings is 1. The SMILES string of the molecule is C=C(/C=C\C(=C\C)C(=O)O)OCCCOCc1ccccc1. The van der Waals surface area contributed by atoms with Gasteiger partial charge in [-0.25, -0.2) is 4.79 Å². The molecule has 0 atom stereocenters. The minimum Gasteiger partial charge on any atom is -0.494 e. The zero-order valence-corrected chi connectivity index (χ0v) is 12.8. The molecule has 22 heavy (non-hydrogen) atoms. The second-order valence-corrected chi connectivity index (χ2v) is 4.59. The van der Waals surface area contributed by atoms with E-state index in [0.717, 1.165) is 12.0 Å². The Morgan fingerprint density at radius 1 is 1.23 bits per heavy atom. The molecule has 0 bridgehead atoms. The lowest BCUT2D eigenvalue weighted by Gasteiger charge is -2.07. The first-order valence-electron chi connectivity index (χ1n) is 7.14. The molecule has 0 aliphatic carbocycles. The van der Waals surface area contributed by atoms with Crippen LogP contribution in [0.4, 0.5) is 0 Å². The Labute approximate surface area is 131 Å². The third-order valence-corrected chi connectivity index (χ3v) is 2.84. The monoisotopic (exact) mass is 302 g/mol. The first-order valence-corrected chi connectivity index (χ1v) is 7.14.